The molecule has 0 aliphatic heterocycles. The Labute approximate surface area is 96.6 Å². The van der Waals surface area contributed by atoms with E-state index in [2.05, 4.69) is 22.9 Å². The van der Waals surface area contributed by atoms with Gasteiger partial charge in [0.25, 0.3) is 0 Å². The van der Waals surface area contributed by atoms with E-state index in [1.165, 1.54) is 25.7 Å². The normalized spacial score (nSPS) is 19.6. The molecule has 1 aromatic heterocycles. The summed E-state index contributed by atoms with van der Waals surface area (Å²) in [6.45, 7) is 3.18. The maximum Gasteiger partial charge on any atom is 0.0613 e. The Balaban J connectivity index is 1.94. The summed E-state index contributed by atoms with van der Waals surface area (Å²) in [5.41, 5.74) is 1.16. The first-order chi connectivity index (χ1) is 7.29. The molecule has 0 aromatic carbocycles. The smallest absolute Gasteiger partial charge is 0.0613 e. The van der Waals surface area contributed by atoms with E-state index in [0.717, 1.165) is 24.4 Å². The monoisotopic (exact) mass is 226 g/mol. The third-order valence-electron chi connectivity index (χ3n) is 3.29. The zero-order chi connectivity index (χ0) is 10.7. The van der Waals surface area contributed by atoms with Gasteiger partial charge < -0.3 is 0 Å². The van der Waals surface area contributed by atoms with Crippen molar-refractivity contribution < 1.29 is 0 Å². The van der Waals surface area contributed by atoms with Crippen LogP contribution in [0.5, 0.6) is 0 Å². The van der Waals surface area contributed by atoms with Crippen LogP contribution in [0, 0.1) is 5.92 Å². The summed E-state index contributed by atoms with van der Waals surface area (Å²) < 4.78 is 2.07. The first kappa shape index (κ1) is 11.0. The van der Waals surface area contributed by atoms with Crippen molar-refractivity contribution in [2.24, 2.45) is 5.92 Å². The Kier molecular flexibility index (Phi) is 3.68. The minimum atomic E-state index is 0.127. The lowest BCUT2D eigenvalue weighted by Crippen LogP contribution is -2.07. The highest BCUT2D eigenvalue weighted by molar-refractivity contribution is 6.20. The average molecular weight is 227 g/mol. The van der Waals surface area contributed by atoms with Crippen molar-refractivity contribution >= 4 is 11.6 Å². The summed E-state index contributed by atoms with van der Waals surface area (Å²) in [5.74, 6) is 0.841. The Hall–Kier alpha value is -0.500. The molecular weight excluding hydrogens is 208 g/mol. The largest absolute Gasteiger partial charge is 0.272 e. The first-order valence-electron chi connectivity index (χ1n) is 5.96. The minimum Gasteiger partial charge on any atom is -0.272 e. The molecule has 0 radical (unpaired) electrons. The van der Waals surface area contributed by atoms with Crippen LogP contribution in [0.1, 0.15) is 50.0 Å². The van der Waals surface area contributed by atoms with E-state index in [-0.39, 0.29) is 5.38 Å². The highest BCUT2D eigenvalue weighted by Gasteiger charge is 2.16. The lowest BCUT2D eigenvalue weighted by molar-refractivity contribution is 0.429. The van der Waals surface area contributed by atoms with Gasteiger partial charge in [0.15, 0.2) is 0 Å². The summed E-state index contributed by atoms with van der Waals surface area (Å²) in [6.07, 6.45) is 10.5. The van der Waals surface area contributed by atoms with Crippen LogP contribution in [0.4, 0.5) is 0 Å². The molecule has 0 bridgehead atoms. The van der Waals surface area contributed by atoms with Crippen molar-refractivity contribution in [1.82, 2.24) is 9.78 Å². The fraction of sp³-hybridized carbons (Fsp3) is 0.750. The zero-order valence-corrected chi connectivity index (χ0v) is 10.1. The second-order valence-corrected chi connectivity index (χ2v) is 5.05. The topological polar surface area (TPSA) is 17.8 Å². The van der Waals surface area contributed by atoms with Crippen molar-refractivity contribution in [2.45, 2.75) is 50.9 Å². The Morgan fingerprint density at radius 2 is 2.27 bits per heavy atom. The summed E-state index contributed by atoms with van der Waals surface area (Å²) >= 11 is 6.17. The number of alkyl halides is 1. The molecule has 84 valence electrons. The SMILES string of the molecule is CCC(Cl)c1cnn(CC2CCCC2)c1. The predicted molar refractivity (Wildman–Crippen MR) is 63.1 cm³/mol. The molecule has 0 saturated heterocycles. The van der Waals surface area contributed by atoms with Gasteiger partial charge >= 0.3 is 0 Å². The van der Waals surface area contributed by atoms with E-state index in [0.29, 0.717) is 0 Å². The summed E-state index contributed by atoms with van der Waals surface area (Å²) in [5, 5.41) is 4.51. The van der Waals surface area contributed by atoms with Gasteiger partial charge in [-0.1, -0.05) is 19.8 Å². The van der Waals surface area contributed by atoms with Crippen molar-refractivity contribution in [2.75, 3.05) is 0 Å². The fourth-order valence-electron chi connectivity index (χ4n) is 2.33. The van der Waals surface area contributed by atoms with E-state index >= 15 is 0 Å². The van der Waals surface area contributed by atoms with Crippen LogP contribution in [0.15, 0.2) is 12.4 Å². The molecule has 1 heterocycles. The molecule has 0 amide bonds. The van der Waals surface area contributed by atoms with Crippen LogP contribution in [-0.2, 0) is 6.54 Å². The van der Waals surface area contributed by atoms with Gasteiger partial charge in [-0.25, -0.2) is 0 Å². The highest BCUT2D eigenvalue weighted by Crippen LogP contribution is 2.27. The Bertz CT molecular complexity index is 302. The van der Waals surface area contributed by atoms with Crippen LogP contribution < -0.4 is 0 Å². The Morgan fingerprint density at radius 1 is 1.53 bits per heavy atom. The molecule has 1 aliphatic rings. The van der Waals surface area contributed by atoms with Crippen LogP contribution in [0.3, 0.4) is 0 Å². The number of hydrogen-bond acceptors (Lipinski definition) is 1. The highest BCUT2D eigenvalue weighted by atomic mass is 35.5. The fourth-order valence-corrected chi connectivity index (χ4v) is 2.45. The van der Waals surface area contributed by atoms with Gasteiger partial charge in [-0.2, -0.15) is 5.10 Å². The third-order valence-corrected chi connectivity index (χ3v) is 3.85. The number of halogens is 1. The molecule has 3 heteroatoms. The van der Waals surface area contributed by atoms with Crippen molar-refractivity contribution in [3.8, 4) is 0 Å². The maximum absolute atomic E-state index is 6.17. The van der Waals surface area contributed by atoms with Crippen molar-refractivity contribution in [3.05, 3.63) is 18.0 Å². The van der Waals surface area contributed by atoms with Gasteiger partial charge in [-0.3, -0.25) is 4.68 Å². The standard InChI is InChI=1S/C12H19ClN2/c1-2-12(13)11-7-14-15(9-11)8-10-5-3-4-6-10/h7,9-10,12H,2-6,8H2,1H3. The van der Waals surface area contributed by atoms with E-state index in [4.69, 9.17) is 11.6 Å². The zero-order valence-electron chi connectivity index (χ0n) is 9.32. The molecule has 1 saturated carbocycles. The van der Waals surface area contributed by atoms with Gasteiger partial charge in [0.2, 0.25) is 0 Å². The summed E-state index contributed by atoms with van der Waals surface area (Å²) in [7, 11) is 0. The van der Waals surface area contributed by atoms with Crippen LogP contribution >= 0.6 is 11.6 Å². The number of nitrogens with zero attached hydrogens (tertiary/aromatic N) is 2. The maximum atomic E-state index is 6.17. The van der Waals surface area contributed by atoms with Crippen molar-refractivity contribution in [1.29, 1.82) is 0 Å². The third kappa shape index (κ3) is 2.75. The van der Waals surface area contributed by atoms with Gasteiger partial charge in [0.05, 0.1) is 11.6 Å². The van der Waals surface area contributed by atoms with E-state index in [1.54, 1.807) is 0 Å². The second kappa shape index (κ2) is 5.02. The first-order valence-corrected chi connectivity index (χ1v) is 6.39. The summed E-state index contributed by atoms with van der Waals surface area (Å²) in [6, 6.07) is 0. The van der Waals surface area contributed by atoms with Gasteiger partial charge in [0.1, 0.15) is 0 Å². The number of rotatable bonds is 4. The molecule has 1 unspecified atom stereocenters. The van der Waals surface area contributed by atoms with Crippen molar-refractivity contribution in [3.63, 3.8) is 0 Å². The molecule has 1 aliphatic carbocycles. The molecule has 1 atom stereocenters. The van der Waals surface area contributed by atoms with Crippen LogP contribution in [-0.4, -0.2) is 9.78 Å². The molecule has 1 aromatic rings. The number of aromatic nitrogens is 2. The lowest BCUT2D eigenvalue weighted by atomic mass is 10.1. The molecule has 0 spiro atoms. The lowest BCUT2D eigenvalue weighted by Gasteiger charge is -2.08. The van der Waals surface area contributed by atoms with E-state index < -0.39 is 0 Å². The molecule has 2 rings (SSSR count). The Morgan fingerprint density at radius 3 is 2.93 bits per heavy atom. The minimum absolute atomic E-state index is 0.127. The molecule has 0 N–H and O–H groups in total. The van der Waals surface area contributed by atoms with Gasteiger partial charge in [-0.05, 0) is 25.2 Å². The van der Waals surface area contributed by atoms with Crippen LogP contribution in [0.2, 0.25) is 0 Å². The van der Waals surface area contributed by atoms with E-state index in [1.807, 2.05) is 6.20 Å². The molecule has 1 fully saturated rings. The molecule has 15 heavy (non-hydrogen) atoms. The number of hydrogen-bond donors (Lipinski definition) is 0. The van der Waals surface area contributed by atoms with Gasteiger partial charge in [-0.15, -0.1) is 11.6 Å². The summed E-state index contributed by atoms with van der Waals surface area (Å²) in [4.78, 5) is 0. The van der Waals surface area contributed by atoms with E-state index in [9.17, 15) is 0 Å². The predicted octanol–water partition coefficient (Wildman–Crippen LogP) is 3.76. The quantitative estimate of drug-likeness (QED) is 0.715. The molecule has 2 nitrogen and oxygen atoms in total. The van der Waals surface area contributed by atoms with Gasteiger partial charge in [0, 0.05) is 18.3 Å². The second-order valence-electron chi connectivity index (χ2n) is 4.52. The average Bonchev–Trinajstić information content (AvgIpc) is 2.88. The molecular formula is C12H19ClN2. The van der Waals surface area contributed by atoms with Crippen LogP contribution in [0.25, 0.3) is 0 Å².